The molecule has 25 heavy (non-hydrogen) atoms. The van der Waals surface area contributed by atoms with E-state index < -0.39 is 0 Å². The largest absolute Gasteiger partial charge is 0.320 e. The molecule has 4 nitrogen and oxygen atoms in total. The zero-order chi connectivity index (χ0) is 18.2. The minimum absolute atomic E-state index is 0.0254. The first-order chi connectivity index (χ1) is 11.8. The zero-order valence-electron chi connectivity index (χ0n) is 15.2. The van der Waals surface area contributed by atoms with Crippen LogP contribution in [0.5, 0.6) is 0 Å². The predicted octanol–water partition coefficient (Wildman–Crippen LogP) is 4.18. The molecule has 2 aromatic rings. The third-order valence-electron chi connectivity index (χ3n) is 4.41. The number of rotatable bonds is 3. The van der Waals surface area contributed by atoms with Crippen LogP contribution in [0.3, 0.4) is 0 Å². The molecule has 0 radical (unpaired) electrons. The number of carbonyl (C=O) groups is 1. The minimum atomic E-state index is -0.289. The van der Waals surface area contributed by atoms with Crippen LogP contribution < -0.4 is 4.80 Å². The van der Waals surface area contributed by atoms with Gasteiger partial charge in [-0.25, -0.2) is 0 Å². The van der Waals surface area contributed by atoms with E-state index in [1.807, 2.05) is 0 Å². The van der Waals surface area contributed by atoms with E-state index in [1.165, 1.54) is 23.4 Å². The standard InChI is InChI=1S/C20H23N3OS/c1-13-17(20(2,3)4)25-19(23(13)12-14-8-9-14)22-18(24)16-7-5-6-15(10-16)11-21/h5-7,10,14H,8-9,12H2,1-4H3/b22-19-. The van der Waals surface area contributed by atoms with Gasteiger partial charge in [-0.1, -0.05) is 26.8 Å². The minimum Gasteiger partial charge on any atom is -0.320 e. The molecule has 1 fully saturated rings. The molecule has 0 saturated heterocycles. The van der Waals surface area contributed by atoms with Gasteiger partial charge in [-0.15, -0.1) is 11.3 Å². The quantitative estimate of drug-likeness (QED) is 0.831. The molecule has 5 heteroatoms. The molecule has 0 bridgehead atoms. The Morgan fingerprint density at radius 1 is 1.40 bits per heavy atom. The molecule has 1 aliphatic carbocycles. The Labute approximate surface area is 152 Å². The molecule has 0 aliphatic heterocycles. The van der Waals surface area contributed by atoms with Crippen molar-refractivity contribution in [2.45, 2.75) is 52.5 Å². The van der Waals surface area contributed by atoms with Crippen molar-refractivity contribution in [2.24, 2.45) is 10.9 Å². The Hall–Kier alpha value is -2.19. The van der Waals surface area contributed by atoms with Gasteiger partial charge in [0.15, 0.2) is 4.80 Å². The third-order valence-corrected chi connectivity index (χ3v) is 6.02. The number of carbonyl (C=O) groups excluding carboxylic acids is 1. The number of benzene rings is 1. The van der Waals surface area contributed by atoms with Gasteiger partial charge in [0.25, 0.3) is 5.91 Å². The van der Waals surface area contributed by atoms with Crippen LogP contribution in [-0.2, 0) is 12.0 Å². The van der Waals surface area contributed by atoms with Crippen LogP contribution >= 0.6 is 11.3 Å². The highest BCUT2D eigenvalue weighted by Crippen LogP contribution is 2.33. The highest BCUT2D eigenvalue weighted by atomic mass is 32.1. The van der Waals surface area contributed by atoms with E-state index in [0.29, 0.717) is 17.0 Å². The maximum absolute atomic E-state index is 12.6. The van der Waals surface area contributed by atoms with Crippen molar-refractivity contribution in [3.63, 3.8) is 0 Å². The summed E-state index contributed by atoms with van der Waals surface area (Å²) in [6, 6.07) is 8.79. The fourth-order valence-electron chi connectivity index (χ4n) is 2.91. The number of hydrogen-bond donors (Lipinski definition) is 0. The van der Waals surface area contributed by atoms with E-state index in [-0.39, 0.29) is 11.3 Å². The first kappa shape index (κ1) is 17.6. The van der Waals surface area contributed by atoms with Crippen molar-refractivity contribution >= 4 is 17.2 Å². The molecule has 1 heterocycles. The van der Waals surface area contributed by atoms with Crippen LogP contribution in [-0.4, -0.2) is 10.5 Å². The molecule has 0 N–H and O–H groups in total. The fourth-order valence-corrected chi connectivity index (χ4v) is 4.11. The van der Waals surface area contributed by atoms with Crippen molar-refractivity contribution in [1.29, 1.82) is 5.26 Å². The van der Waals surface area contributed by atoms with Crippen LogP contribution in [0.25, 0.3) is 0 Å². The summed E-state index contributed by atoms with van der Waals surface area (Å²) in [4.78, 5) is 19.1. The number of thiazole rings is 1. The highest BCUT2D eigenvalue weighted by molar-refractivity contribution is 7.09. The first-order valence-corrected chi connectivity index (χ1v) is 9.41. The lowest BCUT2D eigenvalue weighted by molar-refractivity contribution is 0.0997. The summed E-state index contributed by atoms with van der Waals surface area (Å²) < 4.78 is 2.20. The van der Waals surface area contributed by atoms with Gasteiger partial charge in [0.2, 0.25) is 0 Å². The van der Waals surface area contributed by atoms with E-state index in [2.05, 4.69) is 43.3 Å². The van der Waals surface area contributed by atoms with E-state index >= 15 is 0 Å². The second-order valence-corrected chi connectivity index (χ2v) is 8.69. The Balaban J connectivity index is 2.06. The van der Waals surface area contributed by atoms with Gasteiger partial charge < -0.3 is 4.57 Å². The van der Waals surface area contributed by atoms with Gasteiger partial charge in [0.1, 0.15) is 0 Å². The van der Waals surface area contributed by atoms with Gasteiger partial charge in [-0.3, -0.25) is 4.79 Å². The number of nitrogens with zero attached hydrogens (tertiary/aromatic N) is 3. The van der Waals surface area contributed by atoms with E-state index in [9.17, 15) is 4.79 Å². The SMILES string of the molecule is Cc1c(C(C)(C)C)s/c(=N\C(=O)c2cccc(C#N)c2)n1CC1CC1. The lowest BCUT2D eigenvalue weighted by Crippen LogP contribution is -2.19. The van der Waals surface area contributed by atoms with Gasteiger partial charge in [-0.05, 0) is 49.3 Å². The zero-order valence-corrected chi connectivity index (χ0v) is 16.0. The summed E-state index contributed by atoms with van der Waals surface area (Å²) in [6.45, 7) is 9.63. The van der Waals surface area contributed by atoms with Crippen molar-refractivity contribution in [3.8, 4) is 6.07 Å². The molecule has 1 saturated carbocycles. The monoisotopic (exact) mass is 353 g/mol. The summed E-state index contributed by atoms with van der Waals surface area (Å²) in [6.07, 6.45) is 2.51. The molecule has 3 rings (SSSR count). The average molecular weight is 353 g/mol. The molecule has 0 spiro atoms. The van der Waals surface area contributed by atoms with E-state index in [4.69, 9.17) is 5.26 Å². The molecule has 130 valence electrons. The third kappa shape index (κ3) is 3.91. The summed E-state index contributed by atoms with van der Waals surface area (Å²) in [5.74, 6) is 0.417. The molecular weight excluding hydrogens is 330 g/mol. The molecule has 0 unspecified atom stereocenters. The lowest BCUT2D eigenvalue weighted by atomic mass is 9.93. The Bertz CT molecular complexity index is 918. The molecule has 1 aliphatic rings. The predicted molar refractivity (Wildman–Crippen MR) is 99.5 cm³/mol. The van der Waals surface area contributed by atoms with E-state index in [0.717, 1.165) is 11.3 Å². The van der Waals surface area contributed by atoms with Gasteiger partial charge in [0, 0.05) is 22.7 Å². The van der Waals surface area contributed by atoms with E-state index in [1.54, 1.807) is 35.6 Å². The van der Waals surface area contributed by atoms with Crippen molar-refractivity contribution < 1.29 is 4.79 Å². The smallest absolute Gasteiger partial charge is 0.279 e. The number of hydrogen-bond acceptors (Lipinski definition) is 3. The summed E-state index contributed by atoms with van der Waals surface area (Å²) >= 11 is 1.61. The van der Waals surface area contributed by atoms with Crippen LogP contribution in [0, 0.1) is 24.2 Å². The van der Waals surface area contributed by atoms with Crippen LogP contribution in [0.1, 0.15) is 60.1 Å². The molecular formula is C20H23N3OS. The number of nitriles is 1. The normalized spacial score (nSPS) is 15.2. The molecule has 0 atom stereocenters. The van der Waals surface area contributed by atoms with Crippen LogP contribution in [0.4, 0.5) is 0 Å². The Morgan fingerprint density at radius 2 is 2.12 bits per heavy atom. The molecule has 1 amide bonds. The van der Waals surface area contributed by atoms with Gasteiger partial charge >= 0.3 is 0 Å². The summed E-state index contributed by atoms with van der Waals surface area (Å²) in [5, 5.41) is 9.02. The Morgan fingerprint density at radius 3 is 2.72 bits per heavy atom. The summed E-state index contributed by atoms with van der Waals surface area (Å²) in [7, 11) is 0. The van der Waals surface area contributed by atoms with Crippen molar-refractivity contribution in [1.82, 2.24) is 4.57 Å². The maximum Gasteiger partial charge on any atom is 0.279 e. The van der Waals surface area contributed by atoms with Gasteiger partial charge in [0.05, 0.1) is 11.6 Å². The molecule has 1 aromatic heterocycles. The number of amides is 1. The number of aromatic nitrogens is 1. The lowest BCUT2D eigenvalue weighted by Gasteiger charge is -2.17. The van der Waals surface area contributed by atoms with Gasteiger partial charge in [-0.2, -0.15) is 10.3 Å². The maximum atomic E-state index is 12.6. The average Bonchev–Trinajstić information content (AvgIpc) is 3.33. The summed E-state index contributed by atoms with van der Waals surface area (Å²) in [5.41, 5.74) is 2.17. The highest BCUT2D eigenvalue weighted by Gasteiger charge is 2.27. The second-order valence-electron chi connectivity index (χ2n) is 7.71. The van der Waals surface area contributed by atoms with Crippen molar-refractivity contribution in [3.05, 3.63) is 50.8 Å². The second kappa shape index (κ2) is 6.61. The van der Waals surface area contributed by atoms with Crippen molar-refractivity contribution in [2.75, 3.05) is 0 Å². The molecule has 1 aromatic carbocycles. The van der Waals surface area contributed by atoms with Crippen LogP contribution in [0.15, 0.2) is 29.3 Å². The fraction of sp³-hybridized carbons (Fsp3) is 0.450. The first-order valence-electron chi connectivity index (χ1n) is 8.59. The topological polar surface area (TPSA) is 58.1 Å². The Kier molecular flexibility index (Phi) is 4.66. The van der Waals surface area contributed by atoms with Crippen LogP contribution in [0.2, 0.25) is 0 Å².